The van der Waals surface area contributed by atoms with E-state index >= 15 is 0 Å². The summed E-state index contributed by atoms with van der Waals surface area (Å²) in [4.78, 5) is 0. The van der Waals surface area contributed by atoms with Crippen LogP contribution in [0.15, 0.2) is 12.1 Å². The van der Waals surface area contributed by atoms with Gasteiger partial charge in [-0.2, -0.15) is 0 Å². The summed E-state index contributed by atoms with van der Waals surface area (Å²) in [6.45, 7) is 13.8. The lowest BCUT2D eigenvalue weighted by Gasteiger charge is -2.34. The summed E-state index contributed by atoms with van der Waals surface area (Å²) in [7, 11) is 0. The molecule has 0 radical (unpaired) electrons. The van der Waals surface area contributed by atoms with Crippen molar-refractivity contribution in [3.63, 3.8) is 0 Å². The number of rotatable bonds is 18. The summed E-state index contributed by atoms with van der Waals surface area (Å²) in [5.41, 5.74) is 2.35. The molecule has 0 amide bonds. The Morgan fingerprint density at radius 1 is 0.656 bits per heavy atom. The smallest absolute Gasteiger partial charge is 0.0478 e. The van der Waals surface area contributed by atoms with Gasteiger partial charge >= 0.3 is 0 Å². The van der Waals surface area contributed by atoms with Crippen LogP contribution in [-0.4, -0.2) is 5.54 Å². The van der Waals surface area contributed by atoms with Crippen molar-refractivity contribution in [3.05, 3.63) is 27.7 Å². The van der Waals surface area contributed by atoms with Crippen molar-refractivity contribution >= 4 is 28.9 Å². The summed E-state index contributed by atoms with van der Waals surface area (Å²) in [5, 5.41) is 5.45. The van der Waals surface area contributed by atoms with Crippen molar-refractivity contribution in [1.82, 2.24) is 0 Å². The fraction of sp³-hybridized carbons (Fsp3) is 0.793. The lowest BCUT2D eigenvalue weighted by atomic mass is 9.74. The van der Waals surface area contributed by atoms with Crippen LogP contribution in [0.1, 0.15) is 143 Å². The Morgan fingerprint density at radius 2 is 1.09 bits per heavy atom. The van der Waals surface area contributed by atoms with Crippen molar-refractivity contribution in [2.75, 3.05) is 5.32 Å². The van der Waals surface area contributed by atoms with E-state index in [9.17, 15) is 0 Å². The molecule has 3 heteroatoms. The van der Waals surface area contributed by atoms with Gasteiger partial charge in [0.1, 0.15) is 0 Å². The van der Waals surface area contributed by atoms with Crippen molar-refractivity contribution in [3.8, 4) is 0 Å². The molecule has 0 saturated heterocycles. The molecule has 1 N–H and O–H groups in total. The normalized spacial score (nSPS) is 15.4. The Kier molecular flexibility index (Phi) is 14.3. The predicted octanol–water partition coefficient (Wildman–Crippen LogP) is 11.4. The fourth-order valence-electron chi connectivity index (χ4n) is 4.92. The van der Waals surface area contributed by atoms with Crippen LogP contribution in [0.5, 0.6) is 0 Å². The Morgan fingerprint density at radius 3 is 1.56 bits per heavy atom. The van der Waals surface area contributed by atoms with E-state index in [1.165, 1.54) is 82.6 Å². The summed E-state index contributed by atoms with van der Waals surface area (Å²) >= 11 is 13.9. The monoisotopic (exact) mass is 483 g/mol. The number of nitrogens with one attached hydrogen (secondary N) is 1. The van der Waals surface area contributed by atoms with Gasteiger partial charge in [0.25, 0.3) is 0 Å². The summed E-state index contributed by atoms with van der Waals surface area (Å²) in [6.07, 6.45) is 18.6. The van der Waals surface area contributed by atoms with Gasteiger partial charge in [-0.3, -0.25) is 0 Å². The summed E-state index contributed by atoms with van der Waals surface area (Å²) < 4.78 is 0. The zero-order valence-corrected chi connectivity index (χ0v) is 23.5. The van der Waals surface area contributed by atoms with Crippen LogP contribution < -0.4 is 5.32 Å². The third kappa shape index (κ3) is 9.84. The minimum atomic E-state index is 0.0455. The average Bonchev–Trinajstić information content (AvgIpc) is 2.74. The first kappa shape index (κ1) is 29.6. The Balaban J connectivity index is 3.06. The molecular weight excluding hydrogens is 433 g/mol. The van der Waals surface area contributed by atoms with E-state index in [-0.39, 0.29) is 11.0 Å². The van der Waals surface area contributed by atoms with Crippen LogP contribution in [0.2, 0.25) is 10.0 Å². The summed E-state index contributed by atoms with van der Waals surface area (Å²) in [5.74, 6) is 0. The molecule has 186 valence electrons. The second-order valence-electron chi connectivity index (χ2n) is 10.5. The van der Waals surface area contributed by atoms with Gasteiger partial charge in [0.15, 0.2) is 0 Å². The molecule has 0 fully saturated rings. The molecule has 1 aromatic carbocycles. The first-order valence-electron chi connectivity index (χ1n) is 13.5. The highest BCUT2D eigenvalue weighted by Gasteiger charge is 2.31. The number of anilines is 1. The highest BCUT2D eigenvalue weighted by molar-refractivity contribution is 6.36. The van der Waals surface area contributed by atoms with Crippen LogP contribution in [0.3, 0.4) is 0 Å². The van der Waals surface area contributed by atoms with E-state index in [4.69, 9.17) is 23.2 Å². The van der Waals surface area contributed by atoms with Gasteiger partial charge in [0.2, 0.25) is 0 Å². The maximum absolute atomic E-state index is 6.97. The van der Waals surface area contributed by atoms with Gasteiger partial charge in [0, 0.05) is 21.3 Å². The van der Waals surface area contributed by atoms with Crippen molar-refractivity contribution in [1.29, 1.82) is 0 Å². The van der Waals surface area contributed by atoms with Gasteiger partial charge < -0.3 is 5.32 Å². The van der Waals surface area contributed by atoms with Crippen molar-refractivity contribution in [2.24, 2.45) is 0 Å². The van der Waals surface area contributed by atoms with E-state index in [0.29, 0.717) is 0 Å². The molecule has 0 aromatic heterocycles. The topological polar surface area (TPSA) is 12.0 Å². The highest BCUT2D eigenvalue weighted by Crippen LogP contribution is 2.44. The molecule has 1 nitrogen and oxygen atoms in total. The highest BCUT2D eigenvalue weighted by atomic mass is 35.5. The zero-order valence-electron chi connectivity index (χ0n) is 22.0. The van der Waals surface area contributed by atoms with Crippen LogP contribution in [-0.2, 0) is 5.41 Å². The molecule has 0 saturated carbocycles. The quantitative estimate of drug-likeness (QED) is 0.204. The maximum Gasteiger partial charge on any atom is 0.0478 e. The van der Waals surface area contributed by atoms with Crippen LogP contribution in [0.25, 0.3) is 0 Å². The van der Waals surface area contributed by atoms with Crippen LogP contribution in [0.4, 0.5) is 5.69 Å². The molecule has 32 heavy (non-hydrogen) atoms. The molecule has 0 aliphatic carbocycles. The minimum absolute atomic E-state index is 0.0455. The Labute approximate surface area is 210 Å². The number of benzene rings is 1. The van der Waals surface area contributed by atoms with Gasteiger partial charge in [-0.05, 0) is 55.7 Å². The van der Waals surface area contributed by atoms with Crippen LogP contribution >= 0.6 is 23.2 Å². The second-order valence-corrected chi connectivity index (χ2v) is 11.3. The zero-order chi connectivity index (χ0) is 24.0. The number of halogens is 2. The average molecular weight is 485 g/mol. The number of unbranched alkanes of at least 4 members (excludes halogenated alkanes) is 8. The number of hydrogen-bond donors (Lipinski definition) is 1. The molecule has 0 aliphatic rings. The molecule has 1 aromatic rings. The third-order valence-electron chi connectivity index (χ3n) is 7.37. The molecule has 1 rings (SSSR count). The summed E-state index contributed by atoms with van der Waals surface area (Å²) in [6, 6.07) is 4.26. The standard InChI is InChI=1S/C29H51Cl2N/c1-7-11-14-17-20-28(5,19-16-13-9-3)27-25(30)22-24(23-26(27)31)32-29(6,10-4)21-18-15-12-8-2/h22-23,32H,7-21H2,1-6H3. The number of hydrogen-bond acceptors (Lipinski definition) is 1. The van der Waals surface area contributed by atoms with Crippen molar-refractivity contribution in [2.45, 2.75) is 149 Å². The van der Waals surface area contributed by atoms with Gasteiger partial charge in [0.05, 0.1) is 0 Å². The minimum Gasteiger partial charge on any atom is -0.380 e. The predicted molar refractivity (Wildman–Crippen MR) is 148 cm³/mol. The lowest BCUT2D eigenvalue weighted by molar-refractivity contribution is 0.366. The molecule has 2 atom stereocenters. The van der Waals surface area contributed by atoms with E-state index in [1.54, 1.807) is 0 Å². The third-order valence-corrected chi connectivity index (χ3v) is 7.96. The Bertz CT molecular complexity index is 621. The molecule has 0 spiro atoms. The van der Waals surface area contributed by atoms with Crippen LogP contribution in [0, 0.1) is 0 Å². The molecule has 2 unspecified atom stereocenters. The van der Waals surface area contributed by atoms with Gasteiger partial charge in [-0.1, -0.05) is 128 Å². The lowest BCUT2D eigenvalue weighted by Crippen LogP contribution is -2.34. The van der Waals surface area contributed by atoms with Gasteiger partial charge in [-0.15, -0.1) is 0 Å². The first-order valence-corrected chi connectivity index (χ1v) is 14.3. The SMILES string of the molecule is CCCCCCC(C)(CC)Nc1cc(Cl)c(C(C)(CCCCC)CCCCCC)c(Cl)c1. The molecule has 0 aliphatic heterocycles. The first-order chi connectivity index (χ1) is 15.2. The van der Waals surface area contributed by atoms with Crippen molar-refractivity contribution < 1.29 is 0 Å². The largest absolute Gasteiger partial charge is 0.380 e. The van der Waals surface area contributed by atoms with E-state index in [2.05, 4.69) is 59.0 Å². The molecule has 0 bridgehead atoms. The second kappa shape index (κ2) is 15.5. The maximum atomic E-state index is 6.97. The van der Waals surface area contributed by atoms with E-state index in [0.717, 1.165) is 35.0 Å². The van der Waals surface area contributed by atoms with E-state index in [1.807, 2.05) is 0 Å². The molecular formula is C29H51Cl2N. The molecule has 0 heterocycles. The van der Waals surface area contributed by atoms with Gasteiger partial charge in [-0.25, -0.2) is 0 Å². The van der Waals surface area contributed by atoms with E-state index < -0.39 is 0 Å². The fourth-order valence-corrected chi connectivity index (χ4v) is 5.87. The Hall–Kier alpha value is -0.400.